The van der Waals surface area contributed by atoms with Crippen LogP contribution in [0.4, 0.5) is 0 Å². The largest absolute Gasteiger partial charge is 0.187 e. The smallest absolute Gasteiger partial charge is 0.0115 e. The SMILES string of the molecule is CNONONONONONC. The minimum atomic E-state index is 1.53. The Bertz CT molecular complexity index is 85.1. The lowest BCUT2D eigenvalue weighted by atomic mass is 11.6. The van der Waals surface area contributed by atoms with E-state index in [0.29, 0.717) is 0 Å². The zero-order valence-electron chi connectivity index (χ0n) is 7.04. The molecule has 0 fully saturated rings. The van der Waals surface area contributed by atoms with Crippen LogP contribution < -0.4 is 33.5 Å². The first-order valence-electron chi connectivity index (χ1n) is 3.04. The number of hydroxylamine groups is 2. The monoisotopic (exact) mass is 200 g/mol. The third-order valence-electron chi connectivity index (χ3n) is 0.537. The van der Waals surface area contributed by atoms with Crippen LogP contribution in [0.3, 0.4) is 0 Å². The lowest BCUT2D eigenvalue weighted by Gasteiger charge is -2.06. The summed E-state index contributed by atoms with van der Waals surface area (Å²) < 4.78 is 0. The molecule has 0 saturated heterocycles. The Morgan fingerprint density at radius 2 is 0.846 bits per heavy atom. The Morgan fingerprint density at radius 1 is 0.538 bits per heavy atom. The summed E-state index contributed by atoms with van der Waals surface area (Å²) in [7, 11) is 3.05. The molecule has 13 heavy (non-hydrogen) atoms. The molecule has 0 radical (unpaired) electrons. The molecule has 0 rings (SSSR count). The van der Waals surface area contributed by atoms with Crippen molar-refractivity contribution < 1.29 is 24.7 Å². The summed E-state index contributed by atoms with van der Waals surface area (Å²) in [5, 5.41) is 0. The Morgan fingerprint density at radius 3 is 1.15 bits per heavy atom. The van der Waals surface area contributed by atoms with E-state index in [2.05, 4.69) is 35.7 Å². The third-order valence-corrected chi connectivity index (χ3v) is 0.537. The molecule has 0 bridgehead atoms. The number of nitrogens with one attached hydrogen (secondary N) is 6. The van der Waals surface area contributed by atoms with E-state index in [4.69, 9.17) is 0 Å². The topological polar surface area (TPSA) is 118 Å². The number of rotatable bonds is 10. The zero-order chi connectivity index (χ0) is 9.78. The van der Waals surface area contributed by atoms with E-state index in [-0.39, 0.29) is 0 Å². The predicted molar refractivity (Wildman–Crippen MR) is 36.1 cm³/mol. The van der Waals surface area contributed by atoms with Gasteiger partial charge in [0, 0.05) is 14.1 Å². The van der Waals surface area contributed by atoms with Crippen molar-refractivity contribution in [1.29, 1.82) is 0 Å². The van der Waals surface area contributed by atoms with Gasteiger partial charge in [-0.25, -0.2) is 0 Å². The van der Waals surface area contributed by atoms with Gasteiger partial charge in [0.1, 0.15) is 0 Å². The van der Waals surface area contributed by atoms with Crippen LogP contribution in [0.15, 0.2) is 0 Å². The van der Waals surface area contributed by atoms with Gasteiger partial charge in [0.2, 0.25) is 0 Å². The van der Waals surface area contributed by atoms with Crippen molar-refractivity contribution >= 4 is 0 Å². The lowest BCUT2D eigenvalue weighted by Crippen LogP contribution is -2.37. The molecule has 0 atom stereocenters. The van der Waals surface area contributed by atoms with Crippen molar-refractivity contribution in [2.24, 2.45) is 0 Å². The fraction of sp³-hybridized carbons (Fsp3) is 1.00. The van der Waals surface area contributed by atoms with Crippen molar-refractivity contribution in [2.45, 2.75) is 0 Å². The van der Waals surface area contributed by atoms with Crippen LogP contribution in [0.25, 0.3) is 0 Å². The molecule has 0 aliphatic rings. The molecule has 6 N–H and O–H groups in total. The first-order valence-corrected chi connectivity index (χ1v) is 3.04. The van der Waals surface area contributed by atoms with Gasteiger partial charge in [0.15, 0.2) is 0 Å². The quantitative estimate of drug-likeness (QED) is 0.160. The van der Waals surface area contributed by atoms with Gasteiger partial charge in [-0.1, -0.05) is 0 Å². The van der Waals surface area contributed by atoms with Crippen LogP contribution in [-0.2, 0) is 24.7 Å². The second kappa shape index (κ2) is 11.6. The molecule has 11 heteroatoms. The normalized spacial score (nSPS) is 10.6. The number of hydrogen-bond donors (Lipinski definition) is 6. The second-order valence-electron chi connectivity index (χ2n) is 1.25. The molecule has 0 unspecified atom stereocenters. The van der Waals surface area contributed by atoms with Crippen LogP contribution in [-0.4, -0.2) is 14.1 Å². The highest BCUT2D eigenvalue weighted by Gasteiger charge is 1.85. The standard InChI is InChI=1S/C2H12N6O5/c1-3-9-5-11-7-13-8-12-6-10-4-2/h3-8H,1-2H3. The first kappa shape index (κ1) is 12.6. The van der Waals surface area contributed by atoms with Crippen LogP contribution in [0.1, 0.15) is 0 Å². The van der Waals surface area contributed by atoms with Gasteiger partial charge in [0.25, 0.3) is 0 Å². The summed E-state index contributed by atoms with van der Waals surface area (Å²) in [4.78, 5) is 21.3. The van der Waals surface area contributed by atoms with Crippen molar-refractivity contribution in [2.75, 3.05) is 14.1 Å². The van der Waals surface area contributed by atoms with Crippen LogP contribution >= 0.6 is 0 Å². The summed E-state index contributed by atoms with van der Waals surface area (Å²) in [6.45, 7) is 0. The summed E-state index contributed by atoms with van der Waals surface area (Å²) in [5.41, 5.74) is 12.1. The van der Waals surface area contributed by atoms with Crippen LogP contribution in [0.5, 0.6) is 0 Å². The van der Waals surface area contributed by atoms with Crippen LogP contribution in [0, 0.1) is 0 Å². The summed E-state index contributed by atoms with van der Waals surface area (Å²) in [6.07, 6.45) is 0. The molecule has 0 amide bonds. The highest BCUT2D eigenvalue weighted by Crippen LogP contribution is 1.59. The van der Waals surface area contributed by atoms with Crippen molar-refractivity contribution in [3.8, 4) is 0 Å². The minimum Gasteiger partial charge on any atom is -0.187 e. The molecule has 0 spiro atoms. The second-order valence-corrected chi connectivity index (χ2v) is 1.25. The zero-order valence-corrected chi connectivity index (χ0v) is 7.04. The molecule has 11 nitrogen and oxygen atoms in total. The van der Waals surface area contributed by atoms with Gasteiger partial charge in [-0.05, 0) is 22.6 Å². The maximum atomic E-state index is 4.29. The third kappa shape index (κ3) is 11.6. The van der Waals surface area contributed by atoms with Gasteiger partial charge in [-0.3, -0.25) is 0 Å². The van der Waals surface area contributed by atoms with Gasteiger partial charge in [0.05, 0.1) is 0 Å². The lowest BCUT2D eigenvalue weighted by molar-refractivity contribution is -0.383. The average molecular weight is 200 g/mol. The Labute approximate surface area is 73.5 Å². The average Bonchev–Trinajstić information content (AvgIpc) is 2.16. The Balaban J connectivity index is 2.76. The van der Waals surface area contributed by atoms with E-state index in [0.717, 1.165) is 0 Å². The van der Waals surface area contributed by atoms with Gasteiger partial charge >= 0.3 is 0 Å². The fourth-order valence-corrected chi connectivity index (χ4v) is 0.218. The summed E-state index contributed by atoms with van der Waals surface area (Å²) >= 11 is 0. The van der Waals surface area contributed by atoms with Crippen LogP contribution in [0.2, 0.25) is 0 Å². The van der Waals surface area contributed by atoms with Crippen molar-refractivity contribution in [3.63, 3.8) is 0 Å². The highest BCUT2D eigenvalue weighted by atomic mass is 17.2. The summed E-state index contributed by atoms with van der Waals surface area (Å²) in [5.74, 6) is 0. The molecule has 0 aromatic heterocycles. The molecular weight excluding hydrogens is 188 g/mol. The predicted octanol–water partition coefficient (Wildman–Crippen LogP) is -2.98. The van der Waals surface area contributed by atoms with Gasteiger partial charge in [-0.15, -0.1) is 0 Å². The molecule has 0 saturated carbocycles. The molecule has 0 aromatic carbocycles. The number of hydrogen-bond acceptors (Lipinski definition) is 11. The summed E-state index contributed by atoms with van der Waals surface area (Å²) in [6, 6.07) is 0. The van der Waals surface area contributed by atoms with Gasteiger partial charge in [-0.2, -0.15) is 35.7 Å². The minimum absolute atomic E-state index is 1.53. The van der Waals surface area contributed by atoms with E-state index in [9.17, 15) is 0 Å². The highest BCUT2D eigenvalue weighted by molar-refractivity contribution is 3.78. The van der Waals surface area contributed by atoms with Crippen molar-refractivity contribution in [3.05, 3.63) is 0 Å². The molecule has 0 aliphatic carbocycles. The van der Waals surface area contributed by atoms with E-state index in [1.807, 2.05) is 22.6 Å². The molecule has 80 valence electrons. The Kier molecular flexibility index (Phi) is 11.2. The molecule has 0 aromatic rings. The van der Waals surface area contributed by atoms with Gasteiger partial charge < -0.3 is 0 Å². The van der Waals surface area contributed by atoms with E-state index in [1.165, 1.54) is 14.1 Å². The van der Waals surface area contributed by atoms with E-state index >= 15 is 0 Å². The van der Waals surface area contributed by atoms with E-state index in [1.54, 1.807) is 0 Å². The maximum Gasteiger partial charge on any atom is 0.0115 e. The molecule has 0 heterocycles. The maximum absolute atomic E-state index is 4.29. The molecular formula is C2H12N6O5. The first-order chi connectivity index (χ1) is 6.41. The molecule has 0 aliphatic heterocycles. The fourth-order valence-electron chi connectivity index (χ4n) is 0.218. The Hall–Kier alpha value is -0.440. The van der Waals surface area contributed by atoms with Crippen molar-refractivity contribution in [1.82, 2.24) is 33.5 Å². The van der Waals surface area contributed by atoms with E-state index < -0.39 is 0 Å².